The maximum atomic E-state index is 11.9. The molecule has 2 N–H and O–H groups in total. The van der Waals surface area contributed by atoms with Crippen LogP contribution in [-0.4, -0.2) is 49.1 Å². The quantitative estimate of drug-likeness (QED) is 0.668. The van der Waals surface area contributed by atoms with Gasteiger partial charge in [-0.05, 0) is 45.3 Å². The van der Waals surface area contributed by atoms with Crippen LogP contribution in [0.25, 0.3) is 0 Å². The zero-order valence-electron chi connectivity index (χ0n) is 10.1. The van der Waals surface area contributed by atoms with Crippen molar-refractivity contribution in [1.82, 2.24) is 15.5 Å². The highest BCUT2D eigenvalue weighted by Gasteiger charge is 2.35. The molecule has 1 unspecified atom stereocenters. The van der Waals surface area contributed by atoms with E-state index in [0.29, 0.717) is 6.04 Å². The lowest BCUT2D eigenvalue weighted by Gasteiger charge is -2.35. The third-order valence-electron chi connectivity index (χ3n) is 3.72. The maximum Gasteiger partial charge on any atom is 0.238 e. The molecule has 0 radical (unpaired) electrons. The summed E-state index contributed by atoms with van der Waals surface area (Å²) in [4.78, 5) is 14.3. The van der Waals surface area contributed by atoms with Crippen molar-refractivity contribution in [2.45, 2.75) is 37.8 Å². The second-order valence-electron chi connectivity index (χ2n) is 4.75. The van der Waals surface area contributed by atoms with E-state index >= 15 is 0 Å². The molecule has 0 spiro atoms. The third kappa shape index (κ3) is 2.96. The van der Waals surface area contributed by atoms with Crippen LogP contribution in [0.4, 0.5) is 0 Å². The molecule has 2 fully saturated rings. The first-order valence-corrected chi connectivity index (χ1v) is 6.44. The number of hydrogen-bond donors (Lipinski definition) is 2. The van der Waals surface area contributed by atoms with E-state index in [-0.39, 0.29) is 18.5 Å². The van der Waals surface area contributed by atoms with Crippen LogP contribution in [0.2, 0.25) is 0 Å². The van der Waals surface area contributed by atoms with Gasteiger partial charge < -0.3 is 10.6 Å². The molecule has 1 amide bonds. The number of carbonyl (C=O) groups is 1. The summed E-state index contributed by atoms with van der Waals surface area (Å²) in [5.41, 5.74) is 0. The van der Waals surface area contributed by atoms with E-state index < -0.39 is 0 Å². The normalized spacial score (nSPS) is 26.6. The number of likely N-dealkylation sites (tertiary alicyclic amines) is 1. The van der Waals surface area contributed by atoms with Crippen molar-refractivity contribution in [1.29, 1.82) is 5.26 Å². The molecule has 2 heterocycles. The number of carbonyl (C=O) groups excluding carboxylic acids is 1. The first-order valence-electron chi connectivity index (χ1n) is 6.44. The fourth-order valence-electron chi connectivity index (χ4n) is 2.89. The number of rotatable bonds is 3. The van der Waals surface area contributed by atoms with E-state index in [4.69, 9.17) is 5.26 Å². The van der Waals surface area contributed by atoms with Gasteiger partial charge in [-0.25, -0.2) is 0 Å². The Labute approximate surface area is 102 Å². The summed E-state index contributed by atoms with van der Waals surface area (Å²) in [6.07, 6.45) is 4.28. The predicted molar refractivity (Wildman–Crippen MR) is 64.2 cm³/mol. The molecule has 17 heavy (non-hydrogen) atoms. The summed E-state index contributed by atoms with van der Waals surface area (Å²) in [5.74, 6) is 0.0302. The van der Waals surface area contributed by atoms with Crippen LogP contribution in [0.15, 0.2) is 0 Å². The van der Waals surface area contributed by atoms with Crippen LogP contribution in [-0.2, 0) is 4.79 Å². The number of hydrogen-bond acceptors (Lipinski definition) is 4. The molecule has 0 bridgehead atoms. The molecule has 0 aromatic rings. The maximum absolute atomic E-state index is 11.9. The van der Waals surface area contributed by atoms with Crippen LogP contribution in [0.1, 0.15) is 25.7 Å². The molecule has 2 rings (SSSR count). The molecule has 2 aliphatic heterocycles. The van der Waals surface area contributed by atoms with Crippen LogP contribution < -0.4 is 10.6 Å². The monoisotopic (exact) mass is 236 g/mol. The lowest BCUT2D eigenvalue weighted by molar-refractivity contribution is -0.126. The summed E-state index contributed by atoms with van der Waals surface area (Å²) in [7, 11) is 0. The fourth-order valence-corrected chi connectivity index (χ4v) is 2.89. The molecule has 0 aromatic heterocycles. The van der Waals surface area contributed by atoms with Crippen molar-refractivity contribution < 1.29 is 4.79 Å². The Kier molecular flexibility index (Phi) is 4.35. The number of amides is 1. The van der Waals surface area contributed by atoms with Crippen molar-refractivity contribution in [3.05, 3.63) is 0 Å². The Bertz CT molecular complexity index is 306. The molecule has 0 aliphatic carbocycles. The fraction of sp³-hybridized carbons (Fsp3) is 0.833. The second-order valence-corrected chi connectivity index (χ2v) is 4.75. The van der Waals surface area contributed by atoms with E-state index in [1.165, 1.54) is 0 Å². The molecule has 2 saturated heterocycles. The number of nitriles is 1. The van der Waals surface area contributed by atoms with Gasteiger partial charge in [0.1, 0.15) is 6.54 Å². The second kappa shape index (κ2) is 5.99. The van der Waals surface area contributed by atoms with Gasteiger partial charge in [-0.2, -0.15) is 5.26 Å². The van der Waals surface area contributed by atoms with E-state index in [0.717, 1.165) is 45.3 Å². The van der Waals surface area contributed by atoms with E-state index in [9.17, 15) is 4.79 Å². The zero-order chi connectivity index (χ0) is 12.1. The highest BCUT2D eigenvalue weighted by atomic mass is 16.2. The average molecular weight is 236 g/mol. The predicted octanol–water partition coefficient (Wildman–Crippen LogP) is -0.157. The van der Waals surface area contributed by atoms with Gasteiger partial charge in [-0.15, -0.1) is 0 Å². The lowest BCUT2D eigenvalue weighted by Crippen LogP contribution is -2.50. The number of piperidine rings is 1. The van der Waals surface area contributed by atoms with Crippen LogP contribution >= 0.6 is 0 Å². The Balaban J connectivity index is 1.92. The van der Waals surface area contributed by atoms with Crippen LogP contribution in [0.5, 0.6) is 0 Å². The number of nitrogens with zero attached hydrogens (tertiary/aromatic N) is 2. The minimum Gasteiger partial charge on any atom is -0.342 e. The molecule has 0 aromatic carbocycles. The van der Waals surface area contributed by atoms with Gasteiger partial charge in [-0.1, -0.05) is 0 Å². The molecule has 94 valence electrons. The molecule has 5 nitrogen and oxygen atoms in total. The molecular weight excluding hydrogens is 216 g/mol. The summed E-state index contributed by atoms with van der Waals surface area (Å²) < 4.78 is 0. The topological polar surface area (TPSA) is 68.2 Å². The summed E-state index contributed by atoms with van der Waals surface area (Å²) in [6.45, 7) is 3.24. The highest BCUT2D eigenvalue weighted by Crippen LogP contribution is 2.24. The van der Waals surface area contributed by atoms with Gasteiger partial charge in [0.2, 0.25) is 5.91 Å². The highest BCUT2D eigenvalue weighted by molar-refractivity contribution is 5.82. The van der Waals surface area contributed by atoms with Gasteiger partial charge in [-0.3, -0.25) is 9.69 Å². The van der Waals surface area contributed by atoms with E-state index in [1.807, 2.05) is 6.07 Å². The summed E-state index contributed by atoms with van der Waals surface area (Å²) in [5, 5.41) is 14.5. The van der Waals surface area contributed by atoms with Gasteiger partial charge >= 0.3 is 0 Å². The first kappa shape index (κ1) is 12.3. The lowest BCUT2D eigenvalue weighted by atomic mass is 10.0. The Morgan fingerprint density at radius 3 is 2.88 bits per heavy atom. The molecule has 0 saturated carbocycles. The Morgan fingerprint density at radius 1 is 1.41 bits per heavy atom. The Hall–Kier alpha value is -1.12. The minimum atomic E-state index is -0.00792. The standard InChI is InChI=1S/C12H20N4O/c13-5-8-15-12(17)11-2-1-9-16(11)10-3-6-14-7-4-10/h10-11,14H,1-4,6-9H2,(H,15,17). The Morgan fingerprint density at radius 2 is 2.18 bits per heavy atom. The summed E-state index contributed by atoms with van der Waals surface area (Å²) in [6, 6.07) is 2.49. The zero-order valence-corrected chi connectivity index (χ0v) is 10.1. The molecule has 1 atom stereocenters. The van der Waals surface area contributed by atoms with Gasteiger partial charge in [0.25, 0.3) is 0 Å². The van der Waals surface area contributed by atoms with Crippen molar-refractivity contribution in [3.63, 3.8) is 0 Å². The largest absolute Gasteiger partial charge is 0.342 e. The minimum absolute atomic E-state index is 0.00792. The third-order valence-corrected chi connectivity index (χ3v) is 3.72. The SMILES string of the molecule is N#CCNC(=O)C1CCCN1C1CCNCC1. The van der Waals surface area contributed by atoms with Crippen LogP contribution in [0.3, 0.4) is 0 Å². The van der Waals surface area contributed by atoms with Crippen molar-refractivity contribution in [2.75, 3.05) is 26.2 Å². The first-order chi connectivity index (χ1) is 8.33. The van der Waals surface area contributed by atoms with Crippen molar-refractivity contribution in [2.24, 2.45) is 0 Å². The van der Waals surface area contributed by atoms with Crippen molar-refractivity contribution in [3.8, 4) is 6.07 Å². The van der Waals surface area contributed by atoms with Gasteiger partial charge in [0.05, 0.1) is 12.1 Å². The van der Waals surface area contributed by atoms with Crippen LogP contribution in [0, 0.1) is 11.3 Å². The van der Waals surface area contributed by atoms with Gasteiger partial charge in [0.15, 0.2) is 0 Å². The van der Waals surface area contributed by atoms with Gasteiger partial charge in [0, 0.05) is 6.04 Å². The molecule has 2 aliphatic rings. The van der Waals surface area contributed by atoms with E-state index in [2.05, 4.69) is 15.5 Å². The smallest absolute Gasteiger partial charge is 0.238 e. The average Bonchev–Trinajstić information content (AvgIpc) is 2.86. The molecule has 5 heteroatoms. The molecular formula is C12H20N4O. The van der Waals surface area contributed by atoms with E-state index in [1.54, 1.807) is 0 Å². The van der Waals surface area contributed by atoms with Crippen molar-refractivity contribution >= 4 is 5.91 Å². The number of nitrogens with one attached hydrogen (secondary N) is 2. The summed E-state index contributed by atoms with van der Waals surface area (Å²) >= 11 is 0.